The molecule has 0 spiro atoms. The molecule has 9 nitrogen and oxygen atoms in total. The van der Waals surface area contributed by atoms with E-state index in [-0.39, 0.29) is 19.6 Å². The van der Waals surface area contributed by atoms with Gasteiger partial charge in [-0.3, -0.25) is 4.79 Å². The van der Waals surface area contributed by atoms with Gasteiger partial charge in [0.25, 0.3) is 0 Å². The molecule has 0 aromatic rings. The molecule has 1 aliphatic rings. The Balaban J connectivity index is 2.31. The van der Waals surface area contributed by atoms with Crippen molar-refractivity contribution in [2.75, 3.05) is 26.4 Å². The van der Waals surface area contributed by atoms with E-state index in [1.54, 1.807) is 6.08 Å². The van der Waals surface area contributed by atoms with Gasteiger partial charge in [0.15, 0.2) is 6.29 Å². The second-order valence-electron chi connectivity index (χ2n) is 15.5. The number of hydrogen-bond acceptors (Lipinski definition) is 9. The maximum atomic E-state index is 12.7. The highest BCUT2D eigenvalue weighted by molar-refractivity contribution is 5.71. The van der Waals surface area contributed by atoms with Gasteiger partial charge in [0.2, 0.25) is 0 Å². The van der Waals surface area contributed by atoms with E-state index in [0.717, 1.165) is 103 Å². The Morgan fingerprint density at radius 3 is 1.34 bits per heavy atom. The summed E-state index contributed by atoms with van der Waals surface area (Å²) in [7, 11) is 0. The molecular formula is C55H84O9. The van der Waals surface area contributed by atoms with Crippen molar-refractivity contribution < 1.29 is 44.2 Å². The van der Waals surface area contributed by atoms with Gasteiger partial charge in [-0.05, 0) is 96.3 Å². The monoisotopic (exact) mass is 889 g/mol. The summed E-state index contributed by atoms with van der Waals surface area (Å²) in [6.07, 6.45) is 60.5. The molecule has 9 heteroatoms. The van der Waals surface area contributed by atoms with Crippen LogP contribution < -0.4 is 0 Å². The quantitative estimate of drug-likeness (QED) is 0.0271. The van der Waals surface area contributed by atoms with Crippen LogP contribution in [-0.2, 0) is 23.7 Å². The predicted molar refractivity (Wildman–Crippen MR) is 265 cm³/mol. The van der Waals surface area contributed by atoms with Crippen LogP contribution >= 0.6 is 0 Å². The molecule has 1 fully saturated rings. The number of hydrogen-bond donors (Lipinski definition) is 4. The first-order chi connectivity index (χ1) is 31.4. The summed E-state index contributed by atoms with van der Waals surface area (Å²) >= 11 is 0. The first kappa shape index (κ1) is 58.1. The Morgan fingerprint density at radius 1 is 0.500 bits per heavy atom. The van der Waals surface area contributed by atoms with E-state index in [1.165, 1.54) is 0 Å². The van der Waals surface area contributed by atoms with Crippen LogP contribution in [0.4, 0.5) is 0 Å². The number of ether oxygens (including phenoxy) is 4. The van der Waals surface area contributed by atoms with E-state index < -0.39 is 49.4 Å². The number of allylic oxidation sites excluding steroid dienone is 23. The number of carbonyl (C=O) groups excluding carboxylic acids is 1. The lowest BCUT2D eigenvalue weighted by Gasteiger charge is -2.39. The average Bonchev–Trinajstić information content (AvgIpc) is 3.30. The normalized spacial score (nSPS) is 20.9. The zero-order valence-electron chi connectivity index (χ0n) is 39.2. The first-order valence-electron chi connectivity index (χ1n) is 23.9. The van der Waals surface area contributed by atoms with E-state index in [1.807, 2.05) is 12.2 Å². The zero-order valence-corrected chi connectivity index (χ0v) is 39.2. The summed E-state index contributed by atoms with van der Waals surface area (Å²) in [6.45, 7) is 4.10. The van der Waals surface area contributed by atoms with Crippen LogP contribution in [0.2, 0.25) is 0 Å². The standard InChI is InChI=1S/C55H84O9/c1-3-5-7-9-11-13-15-17-19-20-21-22-23-24-25-26-27-28-29-31-33-35-37-39-41-43-45-61-47-49(48-62-55-54(60)53(59)52(58)50(46-56)64-55)63-51(57)44-42-40-38-36-34-32-30-18-16-14-12-10-8-6-4-2/h5-8,11-14,17-19,21-22,24-25,27-28,30-31,33-34,36,40,42,49-50,52-56,58-60H,3-4,9-10,15-16,20,23,26,29,32,35,37-39,41,43-48H2,1-2H3/b7-5-,8-6-,13-11-,14-12-,19-17-,22-21-,25-24-,28-27-,30-18-,33-31-,36-34-,42-40-. The van der Waals surface area contributed by atoms with Gasteiger partial charge in [-0.2, -0.15) is 0 Å². The van der Waals surface area contributed by atoms with Gasteiger partial charge >= 0.3 is 5.97 Å². The third-order valence-electron chi connectivity index (χ3n) is 9.78. The Kier molecular flexibility index (Phi) is 40.2. The second-order valence-corrected chi connectivity index (χ2v) is 15.5. The van der Waals surface area contributed by atoms with Crippen molar-refractivity contribution in [2.24, 2.45) is 0 Å². The van der Waals surface area contributed by atoms with Gasteiger partial charge in [0.05, 0.1) is 26.2 Å². The molecule has 6 atom stereocenters. The minimum absolute atomic E-state index is 0.0694. The van der Waals surface area contributed by atoms with Crippen LogP contribution in [0.3, 0.4) is 0 Å². The van der Waals surface area contributed by atoms with E-state index >= 15 is 0 Å². The molecule has 1 heterocycles. The molecule has 0 saturated carbocycles. The largest absolute Gasteiger partial charge is 0.457 e. The third kappa shape index (κ3) is 34.5. The number of rotatable bonds is 38. The number of esters is 1. The van der Waals surface area contributed by atoms with Crippen molar-refractivity contribution in [3.8, 4) is 0 Å². The summed E-state index contributed by atoms with van der Waals surface area (Å²) in [6, 6.07) is 0. The molecule has 0 radical (unpaired) electrons. The molecule has 64 heavy (non-hydrogen) atoms. The summed E-state index contributed by atoms with van der Waals surface area (Å²) in [5.74, 6) is -0.457. The Bertz CT molecular complexity index is 1480. The lowest BCUT2D eigenvalue weighted by molar-refractivity contribution is -0.305. The molecule has 1 saturated heterocycles. The fourth-order valence-corrected chi connectivity index (χ4v) is 6.13. The van der Waals surface area contributed by atoms with Crippen LogP contribution in [0.1, 0.15) is 129 Å². The van der Waals surface area contributed by atoms with Crippen molar-refractivity contribution in [3.63, 3.8) is 0 Å². The highest BCUT2D eigenvalue weighted by Gasteiger charge is 2.44. The minimum atomic E-state index is -1.57. The molecule has 0 aromatic heterocycles. The smallest absolute Gasteiger partial charge is 0.310 e. The number of unbranched alkanes of at least 4 members (excludes halogenated alkanes) is 4. The lowest BCUT2D eigenvalue weighted by atomic mass is 9.99. The van der Waals surface area contributed by atoms with Crippen molar-refractivity contribution in [2.45, 2.75) is 166 Å². The van der Waals surface area contributed by atoms with Crippen molar-refractivity contribution in [1.82, 2.24) is 0 Å². The Morgan fingerprint density at radius 2 is 0.906 bits per heavy atom. The van der Waals surface area contributed by atoms with E-state index in [0.29, 0.717) is 13.0 Å². The van der Waals surface area contributed by atoms with E-state index in [2.05, 4.69) is 141 Å². The van der Waals surface area contributed by atoms with E-state index in [9.17, 15) is 25.2 Å². The Labute approximate surface area is 387 Å². The maximum Gasteiger partial charge on any atom is 0.310 e. The van der Waals surface area contributed by atoms with E-state index in [4.69, 9.17) is 18.9 Å². The van der Waals surface area contributed by atoms with Gasteiger partial charge in [-0.1, -0.05) is 173 Å². The molecule has 0 amide bonds. The minimum Gasteiger partial charge on any atom is -0.457 e. The zero-order chi connectivity index (χ0) is 46.4. The average molecular weight is 889 g/mol. The van der Waals surface area contributed by atoms with Gasteiger partial charge in [0, 0.05) is 6.61 Å². The predicted octanol–water partition coefficient (Wildman–Crippen LogP) is 11.5. The highest BCUT2D eigenvalue weighted by atomic mass is 16.7. The van der Waals surface area contributed by atoms with Gasteiger partial charge in [-0.25, -0.2) is 0 Å². The molecule has 6 unspecified atom stereocenters. The molecule has 1 aliphatic heterocycles. The Hall–Kier alpha value is -3.93. The first-order valence-corrected chi connectivity index (χ1v) is 23.9. The number of aliphatic hydroxyl groups excluding tert-OH is 4. The topological polar surface area (TPSA) is 135 Å². The molecule has 0 aliphatic carbocycles. The van der Waals surface area contributed by atoms with Crippen molar-refractivity contribution in [1.29, 1.82) is 0 Å². The fraction of sp³-hybridized carbons (Fsp3) is 0.545. The number of aliphatic hydroxyl groups is 4. The van der Waals surface area contributed by atoms with Gasteiger partial charge in [-0.15, -0.1) is 0 Å². The summed E-state index contributed by atoms with van der Waals surface area (Å²) in [5, 5.41) is 40.1. The summed E-state index contributed by atoms with van der Waals surface area (Å²) in [5.41, 5.74) is 0. The van der Waals surface area contributed by atoms with Crippen LogP contribution in [0.25, 0.3) is 0 Å². The second kappa shape index (κ2) is 44.3. The van der Waals surface area contributed by atoms with Crippen molar-refractivity contribution in [3.05, 3.63) is 146 Å². The molecule has 0 aromatic carbocycles. The number of carbonyl (C=O) groups is 1. The molecule has 1 rings (SSSR count). The van der Waals surface area contributed by atoms with Crippen LogP contribution in [0.5, 0.6) is 0 Å². The van der Waals surface area contributed by atoms with Crippen LogP contribution in [0.15, 0.2) is 146 Å². The van der Waals surface area contributed by atoms with Crippen LogP contribution in [-0.4, -0.2) is 89.6 Å². The molecule has 358 valence electrons. The molecular weight excluding hydrogens is 805 g/mol. The third-order valence-corrected chi connectivity index (χ3v) is 9.78. The maximum absolute atomic E-state index is 12.7. The highest BCUT2D eigenvalue weighted by Crippen LogP contribution is 2.22. The van der Waals surface area contributed by atoms with Gasteiger partial charge in [0.1, 0.15) is 30.5 Å². The summed E-state index contributed by atoms with van der Waals surface area (Å²) in [4.78, 5) is 12.7. The lowest BCUT2D eigenvalue weighted by Crippen LogP contribution is -2.59. The van der Waals surface area contributed by atoms with Crippen LogP contribution in [0, 0.1) is 0 Å². The summed E-state index contributed by atoms with van der Waals surface area (Å²) < 4.78 is 22.7. The van der Waals surface area contributed by atoms with Gasteiger partial charge < -0.3 is 39.4 Å². The SMILES string of the molecule is CC/C=C\C/C=C\C/C=C\C/C=C\C/C=C\C/C=C\C/C=C\CCCCCCOCC(COC1OC(CO)C(O)C(O)C1O)OC(=O)C/C=C\C/C=C\C/C=C\C/C=C\C/C=C\CC. The fourth-order valence-electron chi connectivity index (χ4n) is 6.13. The molecule has 0 bridgehead atoms. The van der Waals surface area contributed by atoms with Crippen molar-refractivity contribution >= 4 is 5.97 Å². The molecule has 4 N–H and O–H groups in total.